The summed E-state index contributed by atoms with van der Waals surface area (Å²) < 4.78 is 5.50. The molecule has 27 heavy (non-hydrogen) atoms. The van der Waals surface area contributed by atoms with Crippen LogP contribution in [0.5, 0.6) is 0 Å². The Morgan fingerprint density at radius 2 is 2.15 bits per heavy atom. The number of ether oxygens (including phenoxy) is 1. The molecule has 0 saturated carbocycles. The highest BCUT2D eigenvalue weighted by Crippen LogP contribution is 2.37. The predicted octanol–water partition coefficient (Wildman–Crippen LogP) is 3.28. The average Bonchev–Trinajstić information content (AvgIpc) is 3.02. The molecule has 2 N–H and O–H groups in total. The van der Waals surface area contributed by atoms with Crippen molar-refractivity contribution in [3.05, 3.63) is 40.2 Å². The van der Waals surface area contributed by atoms with E-state index < -0.39 is 6.10 Å². The first-order valence-corrected chi connectivity index (χ1v) is 10.0. The summed E-state index contributed by atoms with van der Waals surface area (Å²) in [5.74, 6) is 1.25. The average molecular weight is 392 g/mol. The van der Waals surface area contributed by atoms with Crippen LogP contribution in [-0.2, 0) is 4.74 Å². The molecule has 5 nitrogen and oxygen atoms in total. The highest BCUT2D eigenvalue weighted by molar-refractivity contribution is 6.31. The summed E-state index contributed by atoms with van der Waals surface area (Å²) >= 11 is 6.54. The van der Waals surface area contributed by atoms with Crippen molar-refractivity contribution in [1.82, 2.24) is 10.2 Å². The van der Waals surface area contributed by atoms with Gasteiger partial charge in [-0.2, -0.15) is 0 Å². The van der Waals surface area contributed by atoms with Crippen molar-refractivity contribution in [3.8, 4) is 0 Å². The maximum Gasteiger partial charge on any atom is 0.125 e. The lowest BCUT2D eigenvalue weighted by molar-refractivity contribution is -0.00212. The Morgan fingerprint density at radius 1 is 1.41 bits per heavy atom. The summed E-state index contributed by atoms with van der Waals surface area (Å²) in [6.45, 7) is 6.94. The van der Waals surface area contributed by atoms with E-state index in [2.05, 4.69) is 28.2 Å². The second-order valence-electron chi connectivity index (χ2n) is 7.60. The largest absolute Gasteiger partial charge is 0.389 e. The maximum atomic E-state index is 10.3. The van der Waals surface area contributed by atoms with Crippen LogP contribution >= 0.6 is 11.6 Å². The van der Waals surface area contributed by atoms with Gasteiger partial charge in [-0.25, -0.2) is 4.99 Å². The van der Waals surface area contributed by atoms with Gasteiger partial charge in [-0.15, -0.1) is 0 Å². The molecule has 2 heterocycles. The highest BCUT2D eigenvalue weighted by Gasteiger charge is 2.44. The number of hydrogen-bond acceptors (Lipinski definition) is 5. The Bertz CT molecular complexity index is 713. The quantitative estimate of drug-likeness (QED) is 0.756. The van der Waals surface area contributed by atoms with Crippen LogP contribution in [0.4, 0.5) is 0 Å². The molecule has 6 heteroatoms. The molecule has 1 aromatic rings. The minimum Gasteiger partial charge on any atom is -0.389 e. The molecule has 0 amide bonds. The molecule has 2 saturated heterocycles. The zero-order valence-corrected chi connectivity index (χ0v) is 17.2. The summed E-state index contributed by atoms with van der Waals surface area (Å²) in [5, 5.41) is 14.2. The first-order chi connectivity index (χ1) is 13.0. The molecule has 148 valence electrons. The van der Waals surface area contributed by atoms with Gasteiger partial charge < -0.3 is 15.2 Å². The summed E-state index contributed by atoms with van der Waals surface area (Å²) in [6.07, 6.45) is 5.45. The van der Waals surface area contributed by atoms with Gasteiger partial charge in [-0.05, 0) is 75.0 Å². The van der Waals surface area contributed by atoms with Crippen LogP contribution in [0.15, 0.2) is 29.0 Å². The third-order valence-electron chi connectivity index (χ3n) is 5.89. The number of piperidine rings is 1. The number of aliphatic hydroxyl groups excluding tert-OH is 1. The number of aliphatic imine (C=N–C) groups is 1. The van der Waals surface area contributed by atoms with Crippen molar-refractivity contribution >= 4 is 23.9 Å². The van der Waals surface area contributed by atoms with Crippen LogP contribution < -0.4 is 5.32 Å². The second-order valence-corrected chi connectivity index (χ2v) is 8.00. The van der Waals surface area contributed by atoms with Crippen LogP contribution in [-0.4, -0.2) is 61.2 Å². The van der Waals surface area contributed by atoms with Crippen molar-refractivity contribution in [2.24, 2.45) is 4.99 Å². The maximum absolute atomic E-state index is 10.3. The van der Waals surface area contributed by atoms with Gasteiger partial charge in [0, 0.05) is 18.3 Å². The second kappa shape index (κ2) is 8.74. The van der Waals surface area contributed by atoms with Crippen molar-refractivity contribution < 1.29 is 9.84 Å². The Morgan fingerprint density at radius 3 is 2.74 bits per heavy atom. The molecule has 2 atom stereocenters. The van der Waals surface area contributed by atoms with E-state index in [0.29, 0.717) is 19.1 Å². The number of benzene rings is 1. The number of hydrogen-bond donors (Lipinski definition) is 2. The molecule has 0 aliphatic carbocycles. The Hall–Kier alpha value is -1.40. The Balaban J connectivity index is 1.73. The number of nitrogens with zero attached hydrogens (tertiary/aromatic N) is 2. The number of nitrogens with one attached hydrogen (secondary N) is 1. The van der Waals surface area contributed by atoms with E-state index >= 15 is 0 Å². The summed E-state index contributed by atoms with van der Waals surface area (Å²) in [7, 11) is 1.87. The summed E-state index contributed by atoms with van der Waals surface area (Å²) in [6, 6.07) is 6.19. The molecule has 2 aliphatic rings. The molecule has 0 bridgehead atoms. The standard InChI is InChI=1S/C21H30ClN3O2/c1-4-24-20(23-3)12-15-5-6-18(22)17(11-15)16-7-9-25(10-8-16)21(2)14-27-13-19(21)26/h4-6,11-12,16,19,23,26H,7-10,13-14H2,1-3H3/b20-12-,24-4-. The van der Waals surface area contributed by atoms with Gasteiger partial charge in [-0.3, -0.25) is 4.90 Å². The zero-order valence-electron chi connectivity index (χ0n) is 16.4. The molecule has 0 radical (unpaired) electrons. The van der Waals surface area contributed by atoms with E-state index in [1.807, 2.05) is 32.2 Å². The normalized spacial score (nSPS) is 28.2. The third-order valence-corrected chi connectivity index (χ3v) is 6.24. The van der Waals surface area contributed by atoms with Crippen LogP contribution in [0, 0.1) is 0 Å². The molecule has 0 aromatic heterocycles. The van der Waals surface area contributed by atoms with Crippen molar-refractivity contribution in [2.75, 3.05) is 33.4 Å². The molecule has 2 unspecified atom stereocenters. The molecule has 0 spiro atoms. The number of rotatable bonds is 5. The minimum absolute atomic E-state index is 0.265. The first kappa shape index (κ1) is 20.3. The molecule has 3 rings (SSSR count). The highest BCUT2D eigenvalue weighted by atomic mass is 35.5. The van der Waals surface area contributed by atoms with E-state index in [-0.39, 0.29) is 5.54 Å². The first-order valence-electron chi connectivity index (χ1n) is 9.66. The van der Waals surface area contributed by atoms with E-state index in [1.54, 1.807) is 6.21 Å². The monoisotopic (exact) mass is 391 g/mol. The zero-order chi connectivity index (χ0) is 19.4. The summed E-state index contributed by atoms with van der Waals surface area (Å²) in [5.41, 5.74) is 2.03. The van der Waals surface area contributed by atoms with Crippen LogP contribution in [0.25, 0.3) is 6.08 Å². The molecule has 1 aromatic carbocycles. The predicted molar refractivity (Wildman–Crippen MR) is 111 cm³/mol. The van der Waals surface area contributed by atoms with E-state index in [0.717, 1.165) is 42.3 Å². The van der Waals surface area contributed by atoms with Crippen LogP contribution in [0.1, 0.15) is 43.7 Å². The fourth-order valence-corrected chi connectivity index (χ4v) is 4.36. The third kappa shape index (κ3) is 4.37. The molecule has 2 aliphatic heterocycles. The summed E-state index contributed by atoms with van der Waals surface area (Å²) in [4.78, 5) is 6.70. The smallest absolute Gasteiger partial charge is 0.125 e. The fourth-order valence-electron chi connectivity index (χ4n) is 4.09. The Kier molecular flexibility index (Phi) is 6.58. The fraction of sp³-hybridized carbons (Fsp3) is 0.571. The SMILES string of the molecule is C/C=N\C(=C/c1ccc(Cl)c(C2CCN(C3(C)COCC3O)CC2)c1)NC. The van der Waals surface area contributed by atoms with Crippen molar-refractivity contribution in [1.29, 1.82) is 0 Å². The van der Waals surface area contributed by atoms with Gasteiger partial charge in [0.25, 0.3) is 0 Å². The lowest BCUT2D eigenvalue weighted by atomic mass is 9.85. The molecule has 2 fully saturated rings. The minimum atomic E-state index is -0.412. The van der Waals surface area contributed by atoms with Crippen LogP contribution in [0.3, 0.4) is 0 Å². The van der Waals surface area contributed by atoms with Gasteiger partial charge in [-0.1, -0.05) is 17.7 Å². The van der Waals surface area contributed by atoms with Crippen molar-refractivity contribution in [2.45, 2.75) is 44.2 Å². The van der Waals surface area contributed by atoms with Gasteiger partial charge in [0.15, 0.2) is 0 Å². The van der Waals surface area contributed by atoms with Gasteiger partial charge >= 0.3 is 0 Å². The Labute approximate surface area is 167 Å². The number of aliphatic hydroxyl groups is 1. The van der Waals surface area contributed by atoms with Gasteiger partial charge in [0.05, 0.1) is 24.9 Å². The van der Waals surface area contributed by atoms with Gasteiger partial charge in [0.1, 0.15) is 5.82 Å². The number of likely N-dealkylation sites (tertiary alicyclic amines) is 1. The van der Waals surface area contributed by atoms with E-state index in [9.17, 15) is 5.11 Å². The molecular formula is C21H30ClN3O2. The molecular weight excluding hydrogens is 362 g/mol. The van der Waals surface area contributed by atoms with Gasteiger partial charge in [0.2, 0.25) is 0 Å². The van der Waals surface area contributed by atoms with E-state index in [1.165, 1.54) is 5.56 Å². The number of halogens is 1. The van der Waals surface area contributed by atoms with Crippen molar-refractivity contribution in [3.63, 3.8) is 0 Å². The lowest BCUT2D eigenvalue weighted by Crippen LogP contribution is -2.56. The van der Waals surface area contributed by atoms with E-state index in [4.69, 9.17) is 16.3 Å². The van der Waals surface area contributed by atoms with Crippen LogP contribution in [0.2, 0.25) is 5.02 Å². The topological polar surface area (TPSA) is 57.1 Å². The lowest BCUT2D eigenvalue weighted by Gasteiger charge is -2.43.